The quantitative estimate of drug-likeness (QED) is 0.171. The van der Waals surface area contributed by atoms with Crippen LogP contribution in [0.15, 0.2) is 36.7 Å². The number of nitrogens with zero attached hydrogens (tertiary/aromatic N) is 5. The van der Waals surface area contributed by atoms with Crippen LogP contribution in [0, 0.1) is 37.0 Å². The predicted molar refractivity (Wildman–Crippen MR) is 296 cm³/mol. The molecule has 22 radical (unpaired) electrons. The van der Waals surface area contributed by atoms with Gasteiger partial charge in [-0.05, 0) is 72.2 Å². The van der Waals surface area contributed by atoms with Crippen LogP contribution in [0.4, 0.5) is 0 Å². The average molecular weight is 866 g/mol. The van der Waals surface area contributed by atoms with Crippen molar-refractivity contribution in [3.63, 3.8) is 0 Å². The Bertz CT molecular complexity index is 1950. The summed E-state index contributed by atoms with van der Waals surface area (Å²) in [6.45, 7) is 25.1. The van der Waals surface area contributed by atoms with Crippen LogP contribution in [0.2, 0.25) is 36.3 Å². The van der Waals surface area contributed by atoms with Crippen molar-refractivity contribution < 1.29 is 19.5 Å². The Hall–Kier alpha value is -2.07. The molecule has 0 unspecified atom stereocenters. The number of carboxylic acids is 1. The van der Waals surface area contributed by atoms with Crippen LogP contribution in [0.1, 0.15) is 64.1 Å². The molecular formula is C34H51B20N5O4Si2. The number of carbonyl (C=O) groups is 3. The molecule has 31 heteroatoms. The SMILES string of the molecule is Cc1cc(C[C@H]2C(=O)N([Si](C)(C)C(C)(C)C)[C@@H]2C#N)ccn1.Cc1cc(C[C@H]2C(=O)N([Si](C)(C)C(C)(C)C)[C@@H]2C(=O)O)ccn1.[B]B([B])B([B])B(B(B([B])[B])B([B])[B])B(B([B])[B])B([B])[B]. The Morgan fingerprint density at radius 3 is 1.32 bits per heavy atom. The molecule has 0 spiro atoms. The lowest BCUT2D eigenvalue weighted by Gasteiger charge is -2.56. The molecule has 0 aliphatic carbocycles. The summed E-state index contributed by atoms with van der Waals surface area (Å²) in [7, 11) is 59.0. The monoisotopic (exact) mass is 870 g/mol. The number of nitriles is 1. The van der Waals surface area contributed by atoms with E-state index in [9.17, 15) is 24.8 Å². The fourth-order valence-corrected chi connectivity index (χ4v) is 13.2. The molecule has 2 aromatic rings. The lowest BCUT2D eigenvalue weighted by Crippen LogP contribution is -2.80. The summed E-state index contributed by atoms with van der Waals surface area (Å²) < 4.78 is 3.60. The lowest BCUT2D eigenvalue weighted by atomic mass is 8.39. The lowest BCUT2D eigenvalue weighted by molar-refractivity contribution is -0.163. The van der Waals surface area contributed by atoms with Crippen molar-refractivity contribution in [1.82, 2.24) is 19.1 Å². The Balaban J connectivity index is 0.000000336. The maximum atomic E-state index is 12.7. The molecule has 65 heavy (non-hydrogen) atoms. The van der Waals surface area contributed by atoms with Crippen molar-refractivity contribution in [3.05, 3.63) is 59.2 Å². The summed E-state index contributed by atoms with van der Waals surface area (Å²) >= 11 is 0. The van der Waals surface area contributed by atoms with Gasteiger partial charge in [0.15, 0.2) is 16.5 Å². The third-order valence-corrected chi connectivity index (χ3v) is 24.8. The zero-order valence-corrected chi connectivity index (χ0v) is 42.6. The molecule has 4 heterocycles. The first kappa shape index (κ1) is 59.1. The number of aryl methyl sites for hydroxylation is 2. The Labute approximate surface area is 412 Å². The first-order chi connectivity index (χ1) is 29.6. The average Bonchev–Trinajstić information content (AvgIpc) is 3.14. The molecule has 2 fully saturated rings. The first-order valence-electron chi connectivity index (χ1n) is 22.0. The molecule has 4 rings (SSSR count). The minimum atomic E-state index is -2.19. The van der Waals surface area contributed by atoms with E-state index < -0.39 is 91.9 Å². The predicted octanol–water partition coefficient (Wildman–Crippen LogP) is -1.48. The van der Waals surface area contributed by atoms with Crippen molar-refractivity contribution in [2.75, 3.05) is 0 Å². The van der Waals surface area contributed by atoms with Crippen molar-refractivity contribution in [3.8, 4) is 6.07 Å². The first-order valence-corrected chi connectivity index (χ1v) is 27.9. The molecule has 1 N–H and O–H groups in total. The Morgan fingerprint density at radius 1 is 0.662 bits per heavy atom. The van der Waals surface area contributed by atoms with E-state index >= 15 is 0 Å². The fourth-order valence-electron chi connectivity index (χ4n) is 8.43. The fraction of sp³-hybridized carbons (Fsp3) is 0.588. The van der Waals surface area contributed by atoms with Gasteiger partial charge in [0.25, 0.3) is 0 Å². The highest BCUT2D eigenvalue weighted by Crippen LogP contribution is 2.46. The van der Waals surface area contributed by atoms with Crippen LogP contribution < -0.4 is 0 Å². The normalized spacial score (nSPS) is 18.1. The van der Waals surface area contributed by atoms with Gasteiger partial charge < -0.3 is 14.2 Å². The van der Waals surface area contributed by atoms with Crippen LogP contribution in [0.25, 0.3) is 0 Å². The minimum absolute atomic E-state index is 0.0153. The molecule has 0 bridgehead atoms. The number of carboxylic acid groups (broad SMARTS) is 1. The molecule has 0 aromatic carbocycles. The standard InChI is InChI=1S/C17H25N3OSi.C17H26N2O3Si.B20/c1-12-9-13(7-8-19-12)10-14-15(11-18)20(16(14)21)22(5,6)17(2,3)4;1-11-9-12(7-8-18-11)10-13-14(16(21)22)19(15(13)20)23(5,6)17(2,3)4;1-12(2)17(11)20(18(13(3)4)14(5)6)19(15(7)8)16(9)10/h7-9,14-15H,10H2,1-6H3;7-9,13-14H,10H2,1-6H3,(H,21,22);/t14-,15-;13-,14+;/m11./s1. The van der Waals surface area contributed by atoms with E-state index in [2.05, 4.69) is 83.8 Å². The molecule has 2 aliphatic rings. The van der Waals surface area contributed by atoms with Gasteiger partial charge in [-0.3, -0.25) is 19.6 Å². The smallest absolute Gasteiger partial charge is 0.326 e. The van der Waals surface area contributed by atoms with Crippen LogP contribution in [0.5, 0.6) is 0 Å². The van der Waals surface area contributed by atoms with Gasteiger partial charge >= 0.3 is 5.97 Å². The summed E-state index contributed by atoms with van der Waals surface area (Å²) in [5.41, 5.74) is 3.87. The van der Waals surface area contributed by atoms with Crippen LogP contribution in [-0.4, -0.2) is 213 Å². The minimum Gasteiger partial charge on any atom is -0.480 e. The number of hydrogen-bond acceptors (Lipinski definition) is 6. The number of β-lactam (4-membered cyclic amide) rings is 2. The number of pyridine rings is 2. The third kappa shape index (κ3) is 14.0. The number of carbonyl (C=O) groups excluding carboxylic acids is 2. The largest absolute Gasteiger partial charge is 0.480 e. The van der Waals surface area contributed by atoms with E-state index in [0.717, 1.165) is 22.5 Å². The van der Waals surface area contributed by atoms with Crippen LogP contribution >= 0.6 is 0 Å². The van der Waals surface area contributed by atoms with Gasteiger partial charge in [-0.2, -0.15) is 5.26 Å². The maximum Gasteiger partial charge on any atom is 0.326 e. The molecular weight excluding hydrogens is 815 g/mol. The summed E-state index contributed by atoms with van der Waals surface area (Å²) in [6, 6.07) is 9.07. The summed E-state index contributed by atoms with van der Waals surface area (Å²) in [4.78, 5) is 45.6. The van der Waals surface area contributed by atoms with Crippen LogP contribution in [-0.2, 0) is 27.2 Å². The summed E-state index contributed by atoms with van der Waals surface area (Å²) in [5, 5.41) is 19.2. The number of amides is 2. The van der Waals surface area contributed by atoms with E-state index in [1.54, 1.807) is 17.0 Å². The van der Waals surface area contributed by atoms with E-state index in [1.807, 2.05) is 42.7 Å². The zero-order valence-electron chi connectivity index (χ0n) is 40.6. The van der Waals surface area contributed by atoms with E-state index in [4.69, 9.17) is 85.1 Å². The molecule has 9 nitrogen and oxygen atoms in total. The maximum absolute atomic E-state index is 12.7. The molecule has 2 amide bonds. The molecule has 2 saturated heterocycles. The Morgan fingerprint density at radius 2 is 1.02 bits per heavy atom. The van der Waals surface area contributed by atoms with E-state index in [1.165, 1.54) is 0 Å². The van der Waals surface area contributed by atoms with Gasteiger partial charge in [-0.25, -0.2) is 4.79 Å². The van der Waals surface area contributed by atoms with Crippen LogP contribution in [0.3, 0.4) is 0 Å². The van der Waals surface area contributed by atoms with Crippen molar-refractivity contribution in [2.45, 2.75) is 117 Å². The van der Waals surface area contributed by atoms with E-state index in [-0.39, 0.29) is 33.9 Å². The second kappa shape index (κ2) is 23.5. The van der Waals surface area contributed by atoms with Gasteiger partial charge in [0.1, 0.15) is 12.1 Å². The van der Waals surface area contributed by atoms with Gasteiger partial charge in [-0.1, -0.05) is 67.7 Å². The van der Waals surface area contributed by atoms with Gasteiger partial charge in [-0.15, -0.1) is 0 Å². The highest BCUT2D eigenvalue weighted by molar-refractivity contribution is 8.19. The van der Waals surface area contributed by atoms with Gasteiger partial charge in [0.05, 0.1) is 17.9 Å². The summed E-state index contributed by atoms with van der Waals surface area (Å²) in [5.74, 6) is -1.44. The molecule has 4 atom stereocenters. The molecule has 2 aromatic heterocycles. The zero-order chi connectivity index (χ0) is 50.5. The van der Waals surface area contributed by atoms with Crippen molar-refractivity contribution >= 4 is 177 Å². The highest BCUT2D eigenvalue weighted by Gasteiger charge is 2.60. The number of hydrogen-bond donors (Lipinski definition) is 1. The van der Waals surface area contributed by atoms with E-state index in [0.29, 0.717) is 12.8 Å². The highest BCUT2D eigenvalue weighted by atomic mass is 28.3. The number of rotatable bonds is 15. The molecule has 304 valence electrons. The third-order valence-electron chi connectivity index (χ3n) is 14.1. The second-order valence-corrected chi connectivity index (χ2v) is 31.0. The topological polar surface area (TPSA) is 127 Å². The number of aliphatic carboxylic acids is 1. The summed E-state index contributed by atoms with van der Waals surface area (Å²) in [6.07, 6.45) is -2.59. The Kier molecular flexibility index (Phi) is 21.3. The van der Waals surface area contributed by atoms with Crippen molar-refractivity contribution in [1.29, 1.82) is 5.26 Å². The molecule has 2 aliphatic heterocycles. The van der Waals surface area contributed by atoms with Crippen molar-refractivity contribution in [2.24, 2.45) is 11.8 Å². The number of aromatic nitrogens is 2. The van der Waals surface area contributed by atoms with Gasteiger partial charge in [0, 0.05) is 166 Å². The second-order valence-electron chi connectivity index (χ2n) is 20.8. The molecule has 0 saturated carbocycles. The van der Waals surface area contributed by atoms with Gasteiger partial charge in [0.2, 0.25) is 11.8 Å².